The summed E-state index contributed by atoms with van der Waals surface area (Å²) in [7, 11) is 0. The number of hydrogen-bond donors (Lipinski definition) is 1. The van der Waals surface area contributed by atoms with Crippen LogP contribution in [0.1, 0.15) is 29.6 Å². The van der Waals surface area contributed by atoms with Gasteiger partial charge in [-0.25, -0.2) is 4.39 Å². The first-order valence-electron chi connectivity index (χ1n) is 11.4. The van der Waals surface area contributed by atoms with Gasteiger partial charge in [-0.15, -0.1) is 0 Å². The van der Waals surface area contributed by atoms with Gasteiger partial charge in [-0.3, -0.25) is 14.4 Å². The number of piperazine rings is 1. The number of likely N-dealkylation sites (tertiary alicyclic amines) is 1. The van der Waals surface area contributed by atoms with Crippen molar-refractivity contribution in [3.8, 4) is 0 Å². The third-order valence-electron chi connectivity index (χ3n) is 6.30. The molecule has 2 aliphatic heterocycles. The van der Waals surface area contributed by atoms with Gasteiger partial charge in [0.25, 0.3) is 5.91 Å². The Balaban J connectivity index is 1.21. The van der Waals surface area contributed by atoms with Crippen LogP contribution in [0, 0.1) is 5.82 Å². The van der Waals surface area contributed by atoms with Gasteiger partial charge < -0.3 is 20.0 Å². The summed E-state index contributed by atoms with van der Waals surface area (Å²) in [6.07, 6.45) is 1.64. The number of anilines is 1. The molecule has 2 aliphatic rings. The van der Waals surface area contributed by atoms with Crippen LogP contribution in [0.5, 0.6) is 0 Å². The third kappa shape index (κ3) is 5.50. The van der Waals surface area contributed by atoms with Crippen molar-refractivity contribution in [3.63, 3.8) is 0 Å². The summed E-state index contributed by atoms with van der Waals surface area (Å²) < 4.78 is 13.1. The van der Waals surface area contributed by atoms with E-state index in [0.29, 0.717) is 44.7 Å². The normalized spacial score (nSPS) is 18.3. The van der Waals surface area contributed by atoms with E-state index in [1.165, 1.54) is 12.1 Å². The minimum absolute atomic E-state index is 0.00213. The average molecular weight is 453 g/mol. The summed E-state index contributed by atoms with van der Waals surface area (Å²) in [5.41, 5.74) is 1.52. The number of carbonyl (C=O) groups excluding carboxylic acids is 3. The first-order valence-corrected chi connectivity index (χ1v) is 11.4. The van der Waals surface area contributed by atoms with Crippen molar-refractivity contribution in [2.24, 2.45) is 0 Å². The molecule has 8 heteroatoms. The van der Waals surface area contributed by atoms with Gasteiger partial charge >= 0.3 is 0 Å². The van der Waals surface area contributed by atoms with E-state index < -0.39 is 6.04 Å². The molecule has 174 valence electrons. The first-order chi connectivity index (χ1) is 16.0. The zero-order valence-electron chi connectivity index (χ0n) is 18.6. The van der Waals surface area contributed by atoms with Gasteiger partial charge in [0, 0.05) is 56.9 Å². The molecule has 1 unspecified atom stereocenters. The fraction of sp³-hybridized carbons (Fsp3) is 0.400. The SMILES string of the molecule is O=C(NCCC(=O)N1CCN(c2ccc(F)cc2)CC1)C1CCCN1C(=O)c1ccccc1. The molecule has 2 aromatic carbocycles. The predicted molar refractivity (Wildman–Crippen MR) is 123 cm³/mol. The Morgan fingerprint density at radius 1 is 0.909 bits per heavy atom. The quantitative estimate of drug-likeness (QED) is 0.730. The molecular weight excluding hydrogens is 423 g/mol. The highest BCUT2D eigenvalue weighted by Gasteiger charge is 2.34. The molecule has 0 saturated carbocycles. The Kier molecular flexibility index (Phi) is 7.22. The second kappa shape index (κ2) is 10.5. The largest absolute Gasteiger partial charge is 0.368 e. The second-order valence-electron chi connectivity index (χ2n) is 8.41. The number of nitrogens with zero attached hydrogens (tertiary/aromatic N) is 3. The molecule has 4 rings (SSSR count). The molecule has 2 fully saturated rings. The minimum Gasteiger partial charge on any atom is -0.368 e. The van der Waals surface area contributed by atoms with E-state index in [-0.39, 0.29) is 36.5 Å². The van der Waals surface area contributed by atoms with E-state index in [1.54, 1.807) is 34.1 Å². The summed E-state index contributed by atoms with van der Waals surface area (Å²) >= 11 is 0. The molecule has 0 bridgehead atoms. The summed E-state index contributed by atoms with van der Waals surface area (Å²) in [6.45, 7) is 3.35. The molecule has 0 spiro atoms. The Labute approximate surface area is 193 Å². The van der Waals surface area contributed by atoms with Crippen molar-refractivity contribution in [2.75, 3.05) is 44.2 Å². The molecule has 2 aromatic rings. The van der Waals surface area contributed by atoms with Crippen molar-refractivity contribution >= 4 is 23.4 Å². The molecule has 2 heterocycles. The van der Waals surface area contributed by atoms with Crippen molar-refractivity contribution < 1.29 is 18.8 Å². The Morgan fingerprint density at radius 3 is 2.30 bits per heavy atom. The lowest BCUT2D eigenvalue weighted by Gasteiger charge is -2.36. The number of rotatable bonds is 6. The topological polar surface area (TPSA) is 73.0 Å². The molecule has 0 aliphatic carbocycles. The highest BCUT2D eigenvalue weighted by molar-refractivity contribution is 5.98. The lowest BCUT2D eigenvalue weighted by atomic mass is 10.1. The standard InChI is InChI=1S/C25H29FN4O3/c26-20-8-10-21(11-9-20)28-15-17-29(18-16-28)23(31)12-13-27-24(32)22-7-4-14-30(22)25(33)19-5-2-1-3-6-19/h1-3,5-6,8-11,22H,4,7,12-18H2,(H,27,32). The lowest BCUT2D eigenvalue weighted by molar-refractivity contribution is -0.131. The van der Waals surface area contributed by atoms with E-state index in [2.05, 4.69) is 10.2 Å². The zero-order chi connectivity index (χ0) is 23.2. The van der Waals surface area contributed by atoms with Gasteiger partial charge in [-0.2, -0.15) is 0 Å². The second-order valence-corrected chi connectivity index (χ2v) is 8.41. The van der Waals surface area contributed by atoms with Gasteiger partial charge in [0.15, 0.2) is 0 Å². The van der Waals surface area contributed by atoms with Crippen LogP contribution in [0.4, 0.5) is 10.1 Å². The number of amides is 3. The molecule has 0 radical (unpaired) electrons. The van der Waals surface area contributed by atoms with E-state index >= 15 is 0 Å². The fourth-order valence-corrected chi connectivity index (χ4v) is 4.46. The van der Waals surface area contributed by atoms with Gasteiger partial charge in [-0.05, 0) is 49.2 Å². The minimum atomic E-state index is -0.493. The highest BCUT2D eigenvalue weighted by Crippen LogP contribution is 2.21. The van der Waals surface area contributed by atoms with Crippen LogP contribution >= 0.6 is 0 Å². The van der Waals surface area contributed by atoms with E-state index in [9.17, 15) is 18.8 Å². The number of halogens is 1. The Morgan fingerprint density at radius 2 is 1.61 bits per heavy atom. The van der Waals surface area contributed by atoms with Crippen molar-refractivity contribution in [1.82, 2.24) is 15.1 Å². The van der Waals surface area contributed by atoms with Crippen LogP contribution in [0.15, 0.2) is 54.6 Å². The Bertz CT molecular complexity index is 975. The molecule has 1 atom stereocenters. The smallest absolute Gasteiger partial charge is 0.254 e. The van der Waals surface area contributed by atoms with Crippen LogP contribution in [0.25, 0.3) is 0 Å². The molecular formula is C25H29FN4O3. The molecule has 2 saturated heterocycles. The van der Waals surface area contributed by atoms with Crippen LogP contribution in [-0.4, -0.2) is 72.8 Å². The molecule has 0 aromatic heterocycles. The zero-order valence-corrected chi connectivity index (χ0v) is 18.6. The van der Waals surface area contributed by atoms with Crippen LogP contribution < -0.4 is 10.2 Å². The van der Waals surface area contributed by atoms with Crippen molar-refractivity contribution in [2.45, 2.75) is 25.3 Å². The maximum absolute atomic E-state index is 13.1. The number of benzene rings is 2. The number of carbonyl (C=O) groups is 3. The number of nitrogens with one attached hydrogen (secondary N) is 1. The van der Waals surface area contributed by atoms with Crippen LogP contribution in [0.2, 0.25) is 0 Å². The van der Waals surface area contributed by atoms with E-state index in [4.69, 9.17) is 0 Å². The van der Waals surface area contributed by atoms with Gasteiger partial charge in [0.05, 0.1) is 0 Å². The fourth-order valence-electron chi connectivity index (χ4n) is 4.46. The average Bonchev–Trinajstić information content (AvgIpc) is 3.35. The van der Waals surface area contributed by atoms with E-state index in [1.807, 2.05) is 18.2 Å². The summed E-state index contributed by atoms with van der Waals surface area (Å²) in [6, 6.07) is 14.9. The maximum Gasteiger partial charge on any atom is 0.254 e. The Hall–Kier alpha value is -3.42. The summed E-state index contributed by atoms with van der Waals surface area (Å²) in [5.74, 6) is -0.605. The van der Waals surface area contributed by atoms with Crippen LogP contribution in [-0.2, 0) is 9.59 Å². The molecule has 7 nitrogen and oxygen atoms in total. The van der Waals surface area contributed by atoms with Gasteiger partial charge in [-0.1, -0.05) is 18.2 Å². The maximum atomic E-state index is 13.1. The van der Waals surface area contributed by atoms with Crippen molar-refractivity contribution in [3.05, 3.63) is 66.0 Å². The predicted octanol–water partition coefficient (Wildman–Crippen LogP) is 2.29. The van der Waals surface area contributed by atoms with Crippen molar-refractivity contribution in [1.29, 1.82) is 0 Å². The van der Waals surface area contributed by atoms with Gasteiger partial charge in [0.1, 0.15) is 11.9 Å². The first kappa shape index (κ1) is 22.8. The van der Waals surface area contributed by atoms with E-state index in [0.717, 1.165) is 12.1 Å². The highest BCUT2D eigenvalue weighted by atomic mass is 19.1. The molecule has 33 heavy (non-hydrogen) atoms. The van der Waals surface area contributed by atoms with Gasteiger partial charge in [0.2, 0.25) is 11.8 Å². The lowest BCUT2D eigenvalue weighted by Crippen LogP contribution is -2.50. The summed E-state index contributed by atoms with van der Waals surface area (Å²) in [5, 5.41) is 2.84. The molecule has 3 amide bonds. The summed E-state index contributed by atoms with van der Waals surface area (Å²) in [4.78, 5) is 43.6. The monoisotopic (exact) mass is 452 g/mol. The number of hydrogen-bond acceptors (Lipinski definition) is 4. The third-order valence-corrected chi connectivity index (χ3v) is 6.30. The molecule has 1 N–H and O–H groups in total. The van der Waals surface area contributed by atoms with Crippen LogP contribution in [0.3, 0.4) is 0 Å².